The molecule has 0 atom stereocenters. The van der Waals surface area contributed by atoms with Gasteiger partial charge in [0.15, 0.2) is 0 Å². The van der Waals surface area contributed by atoms with Crippen LogP contribution in [-0.2, 0) is 14.4 Å². The maximum atomic E-state index is 10.4. The zero-order valence-electron chi connectivity index (χ0n) is 11.1. The van der Waals surface area contributed by atoms with Crippen molar-refractivity contribution in [2.24, 2.45) is 11.5 Å². The van der Waals surface area contributed by atoms with Crippen LogP contribution < -0.4 is 16.8 Å². The van der Waals surface area contributed by atoms with E-state index in [2.05, 4.69) is 5.32 Å². The summed E-state index contributed by atoms with van der Waals surface area (Å²) in [6.07, 6.45) is 0. The number of rotatable bonds is 10. The van der Waals surface area contributed by atoms with E-state index in [-0.39, 0.29) is 32.7 Å². The predicted molar refractivity (Wildman–Crippen MR) is 70.3 cm³/mol. The second kappa shape index (κ2) is 13.7. The highest BCUT2D eigenvalue weighted by atomic mass is 16.4. The highest BCUT2D eigenvalue weighted by Crippen LogP contribution is 1.87. The molecule has 20 heavy (non-hydrogen) atoms. The summed E-state index contributed by atoms with van der Waals surface area (Å²) in [7, 11) is 0. The second-order valence-corrected chi connectivity index (χ2v) is 3.65. The van der Waals surface area contributed by atoms with Crippen molar-refractivity contribution in [2.75, 3.05) is 45.8 Å². The van der Waals surface area contributed by atoms with E-state index in [0.717, 1.165) is 0 Å². The van der Waals surface area contributed by atoms with Crippen LogP contribution in [0.25, 0.3) is 0 Å². The van der Waals surface area contributed by atoms with Crippen LogP contribution >= 0.6 is 0 Å². The molecule has 0 heterocycles. The molecule has 0 aliphatic heterocycles. The van der Waals surface area contributed by atoms with Crippen molar-refractivity contribution >= 4 is 17.9 Å². The zero-order chi connectivity index (χ0) is 16.0. The van der Waals surface area contributed by atoms with Crippen LogP contribution in [-0.4, -0.2) is 83.9 Å². The summed E-state index contributed by atoms with van der Waals surface area (Å²) in [4.78, 5) is 32.1. The minimum atomic E-state index is -1.13. The summed E-state index contributed by atoms with van der Waals surface area (Å²) >= 11 is 0. The van der Waals surface area contributed by atoms with Gasteiger partial charge in [0.2, 0.25) is 0 Å². The largest absolute Gasteiger partial charge is 0.480 e. The molecule has 0 unspecified atom stereocenters. The molecule has 118 valence electrons. The Morgan fingerprint density at radius 2 is 1.35 bits per heavy atom. The lowest BCUT2D eigenvalue weighted by Crippen LogP contribution is -2.39. The number of nitrogens with one attached hydrogen (secondary N) is 1. The first-order chi connectivity index (χ1) is 9.33. The molecule has 0 saturated carbocycles. The van der Waals surface area contributed by atoms with Gasteiger partial charge in [-0.15, -0.1) is 0 Å². The lowest BCUT2D eigenvalue weighted by atomic mass is 10.4. The summed E-state index contributed by atoms with van der Waals surface area (Å²) in [6.45, 7) is 0.550. The van der Waals surface area contributed by atoms with Crippen molar-refractivity contribution in [3.05, 3.63) is 0 Å². The van der Waals surface area contributed by atoms with Crippen LogP contribution in [0.2, 0.25) is 0 Å². The minimum Gasteiger partial charge on any atom is -0.480 e. The number of carboxylic acids is 3. The fraction of sp³-hybridized carbons (Fsp3) is 0.700. The van der Waals surface area contributed by atoms with Crippen LogP contribution in [0, 0.1) is 0 Å². The number of nitrogens with two attached hydrogens (primary N) is 2. The molecule has 8 N–H and O–H groups in total. The van der Waals surface area contributed by atoms with Crippen LogP contribution in [0.3, 0.4) is 0 Å². The molecule has 10 heteroatoms. The SMILES string of the molecule is NCCN.O=C(O)CNCCN(CC(=O)O)CC(=O)O. The normalized spacial score (nSPS) is 9.75. The lowest BCUT2D eigenvalue weighted by molar-refractivity contribution is -0.142. The van der Waals surface area contributed by atoms with Gasteiger partial charge in [-0.2, -0.15) is 0 Å². The zero-order valence-corrected chi connectivity index (χ0v) is 11.1. The van der Waals surface area contributed by atoms with Gasteiger partial charge in [0.25, 0.3) is 0 Å². The summed E-state index contributed by atoms with van der Waals surface area (Å²) < 4.78 is 0. The number of carbonyl (C=O) groups is 3. The molecule has 0 aliphatic carbocycles. The van der Waals surface area contributed by atoms with Crippen LogP contribution in [0.15, 0.2) is 0 Å². The summed E-state index contributed by atoms with van der Waals surface area (Å²) in [5.74, 6) is -3.28. The molecule has 0 aromatic heterocycles. The molecular weight excluding hydrogens is 272 g/mol. The average molecular weight is 294 g/mol. The molecule has 0 aliphatic rings. The smallest absolute Gasteiger partial charge is 0.317 e. The Labute approximate surface area is 116 Å². The minimum absolute atomic E-state index is 0.159. The van der Waals surface area contributed by atoms with Gasteiger partial charge in [-0.25, -0.2) is 0 Å². The maximum absolute atomic E-state index is 10.4. The van der Waals surface area contributed by atoms with Gasteiger partial charge in [-0.1, -0.05) is 0 Å². The Bertz CT molecular complexity index is 281. The Morgan fingerprint density at radius 1 is 0.900 bits per heavy atom. The molecule has 0 bridgehead atoms. The monoisotopic (exact) mass is 294 g/mol. The van der Waals surface area contributed by atoms with Gasteiger partial charge in [-0.3, -0.25) is 19.3 Å². The molecule has 0 fully saturated rings. The molecule has 0 rings (SSSR count). The molecule has 0 aromatic carbocycles. The van der Waals surface area contributed by atoms with Crippen molar-refractivity contribution in [2.45, 2.75) is 0 Å². The van der Waals surface area contributed by atoms with Gasteiger partial charge in [0.1, 0.15) is 0 Å². The van der Waals surface area contributed by atoms with E-state index < -0.39 is 17.9 Å². The molecular formula is C10H22N4O6. The summed E-state index contributed by atoms with van der Waals surface area (Å²) in [5.41, 5.74) is 9.81. The fourth-order valence-corrected chi connectivity index (χ4v) is 1.03. The van der Waals surface area contributed by atoms with Crippen molar-refractivity contribution in [1.29, 1.82) is 0 Å². The lowest BCUT2D eigenvalue weighted by Gasteiger charge is -2.17. The van der Waals surface area contributed by atoms with Gasteiger partial charge in [-0.05, 0) is 0 Å². The summed E-state index contributed by atoms with van der Waals surface area (Å²) in [5, 5.41) is 27.8. The first kappa shape index (κ1) is 20.6. The molecule has 10 nitrogen and oxygen atoms in total. The third kappa shape index (κ3) is 18.6. The number of hydrogen-bond donors (Lipinski definition) is 6. The van der Waals surface area contributed by atoms with Gasteiger partial charge in [0.05, 0.1) is 19.6 Å². The third-order valence-electron chi connectivity index (χ3n) is 1.77. The van der Waals surface area contributed by atoms with Gasteiger partial charge >= 0.3 is 17.9 Å². The molecule has 0 spiro atoms. The Hall–Kier alpha value is -1.75. The van der Waals surface area contributed by atoms with E-state index in [4.69, 9.17) is 26.8 Å². The number of nitrogens with zero attached hydrogens (tertiary/aromatic N) is 1. The van der Waals surface area contributed by atoms with Crippen molar-refractivity contribution in [3.8, 4) is 0 Å². The first-order valence-corrected chi connectivity index (χ1v) is 5.82. The number of carboxylic acid groups (broad SMARTS) is 3. The molecule has 0 amide bonds. The second-order valence-electron chi connectivity index (χ2n) is 3.65. The van der Waals surface area contributed by atoms with Crippen LogP contribution in [0.5, 0.6) is 0 Å². The van der Waals surface area contributed by atoms with Crippen LogP contribution in [0.4, 0.5) is 0 Å². The first-order valence-electron chi connectivity index (χ1n) is 5.82. The van der Waals surface area contributed by atoms with Crippen molar-refractivity contribution in [3.63, 3.8) is 0 Å². The van der Waals surface area contributed by atoms with Crippen LogP contribution in [0.1, 0.15) is 0 Å². The highest BCUT2D eigenvalue weighted by molar-refractivity contribution is 5.72. The topological polar surface area (TPSA) is 179 Å². The van der Waals surface area contributed by atoms with Crippen molar-refractivity contribution in [1.82, 2.24) is 10.2 Å². The van der Waals surface area contributed by atoms with E-state index in [1.54, 1.807) is 0 Å². The van der Waals surface area contributed by atoms with Crippen molar-refractivity contribution < 1.29 is 29.7 Å². The molecule has 0 radical (unpaired) electrons. The Balaban J connectivity index is 0. The molecule has 0 saturated heterocycles. The quantitative estimate of drug-likeness (QED) is 0.228. The molecule has 0 aromatic rings. The van der Waals surface area contributed by atoms with E-state index in [0.29, 0.717) is 13.1 Å². The van der Waals surface area contributed by atoms with E-state index in [1.807, 2.05) is 0 Å². The number of aliphatic carboxylic acids is 3. The standard InChI is InChI=1S/C8H14N2O6.C2H8N2/c11-6(12)3-9-1-2-10(4-7(13)14)5-8(15)16;3-1-2-4/h9H,1-5H2,(H,11,12)(H,13,14)(H,15,16);1-4H2. The number of hydrogen-bond acceptors (Lipinski definition) is 7. The predicted octanol–water partition coefficient (Wildman–Crippen LogP) is -2.96. The van der Waals surface area contributed by atoms with Gasteiger partial charge in [0, 0.05) is 26.2 Å². The maximum Gasteiger partial charge on any atom is 0.317 e. The van der Waals surface area contributed by atoms with E-state index in [1.165, 1.54) is 4.90 Å². The average Bonchev–Trinajstić information content (AvgIpc) is 2.33. The van der Waals surface area contributed by atoms with Gasteiger partial charge < -0.3 is 32.1 Å². The fourth-order valence-electron chi connectivity index (χ4n) is 1.03. The third-order valence-corrected chi connectivity index (χ3v) is 1.77. The summed E-state index contributed by atoms with van der Waals surface area (Å²) in [6, 6.07) is 0. The van der Waals surface area contributed by atoms with E-state index >= 15 is 0 Å². The highest BCUT2D eigenvalue weighted by Gasteiger charge is 2.12. The Morgan fingerprint density at radius 3 is 1.65 bits per heavy atom. The Kier molecular flexibility index (Phi) is 14.1. The van der Waals surface area contributed by atoms with E-state index in [9.17, 15) is 14.4 Å².